The molecule has 2 aromatic carbocycles. The summed E-state index contributed by atoms with van der Waals surface area (Å²) in [5.74, 6) is 1.93. The predicted molar refractivity (Wildman–Crippen MR) is 89.3 cm³/mol. The lowest BCUT2D eigenvalue weighted by Crippen LogP contribution is -2.20. The van der Waals surface area contributed by atoms with E-state index in [0.717, 1.165) is 17.9 Å². The van der Waals surface area contributed by atoms with E-state index in [1.165, 1.54) is 0 Å². The Bertz CT molecular complexity index is 608. The number of methoxy groups -OCH3 is 1. The molecule has 0 saturated carbocycles. The van der Waals surface area contributed by atoms with E-state index in [4.69, 9.17) is 14.2 Å². The molecule has 0 spiro atoms. The first-order valence-electron chi connectivity index (χ1n) is 7.51. The van der Waals surface area contributed by atoms with Gasteiger partial charge in [0.25, 0.3) is 5.91 Å². The van der Waals surface area contributed by atoms with Crippen LogP contribution in [0.15, 0.2) is 48.5 Å². The van der Waals surface area contributed by atoms with E-state index in [2.05, 4.69) is 12.2 Å². The third-order valence-corrected chi connectivity index (χ3v) is 3.04. The monoisotopic (exact) mass is 315 g/mol. The molecular formula is C18H21NO4. The molecule has 1 N–H and O–H groups in total. The van der Waals surface area contributed by atoms with Gasteiger partial charge in [0, 0.05) is 5.69 Å². The zero-order valence-electron chi connectivity index (χ0n) is 13.4. The lowest BCUT2D eigenvalue weighted by atomic mass is 10.3. The Hall–Kier alpha value is -2.69. The number of hydrogen-bond donors (Lipinski definition) is 1. The smallest absolute Gasteiger partial charge is 0.262 e. The maximum atomic E-state index is 11.9. The summed E-state index contributed by atoms with van der Waals surface area (Å²) in [6.07, 6.45) is 0.960. The highest BCUT2D eigenvalue weighted by Gasteiger charge is 2.04. The zero-order chi connectivity index (χ0) is 16.5. The first-order valence-corrected chi connectivity index (χ1v) is 7.51. The highest BCUT2D eigenvalue weighted by Crippen LogP contribution is 2.18. The lowest BCUT2D eigenvalue weighted by Gasteiger charge is -2.09. The summed E-state index contributed by atoms with van der Waals surface area (Å²) in [6.45, 7) is 2.68. The molecule has 0 unspecified atom stereocenters. The Morgan fingerprint density at radius 1 is 0.913 bits per heavy atom. The van der Waals surface area contributed by atoms with Crippen molar-refractivity contribution in [2.45, 2.75) is 13.3 Å². The van der Waals surface area contributed by atoms with Gasteiger partial charge in [-0.2, -0.15) is 0 Å². The molecule has 0 saturated heterocycles. The van der Waals surface area contributed by atoms with Gasteiger partial charge in [-0.05, 0) is 55.0 Å². The van der Waals surface area contributed by atoms with Crippen molar-refractivity contribution >= 4 is 11.6 Å². The average Bonchev–Trinajstić information content (AvgIpc) is 2.60. The number of amides is 1. The standard InChI is InChI=1S/C18H21NO4/c1-3-12-22-16-6-4-14(5-7-16)19-18(20)13-23-17-10-8-15(21-2)9-11-17/h4-11H,3,12-13H2,1-2H3,(H,19,20). The second kappa shape index (κ2) is 8.68. The molecule has 0 aliphatic heterocycles. The molecule has 122 valence electrons. The van der Waals surface area contributed by atoms with Crippen LogP contribution < -0.4 is 19.5 Å². The third-order valence-electron chi connectivity index (χ3n) is 3.04. The molecule has 0 heterocycles. The van der Waals surface area contributed by atoms with Crippen LogP contribution in [0.3, 0.4) is 0 Å². The van der Waals surface area contributed by atoms with E-state index in [1.807, 2.05) is 12.1 Å². The van der Waals surface area contributed by atoms with Gasteiger partial charge < -0.3 is 19.5 Å². The summed E-state index contributed by atoms with van der Waals surface area (Å²) >= 11 is 0. The molecule has 23 heavy (non-hydrogen) atoms. The number of carbonyl (C=O) groups excluding carboxylic acids is 1. The van der Waals surface area contributed by atoms with E-state index in [9.17, 15) is 4.79 Å². The summed E-state index contributed by atoms with van der Waals surface area (Å²) < 4.78 is 16.0. The van der Waals surface area contributed by atoms with E-state index in [1.54, 1.807) is 43.5 Å². The van der Waals surface area contributed by atoms with Crippen molar-refractivity contribution < 1.29 is 19.0 Å². The van der Waals surface area contributed by atoms with Crippen molar-refractivity contribution in [3.63, 3.8) is 0 Å². The number of rotatable bonds is 8. The van der Waals surface area contributed by atoms with Gasteiger partial charge in [-0.3, -0.25) is 4.79 Å². The second-order valence-electron chi connectivity index (χ2n) is 4.89. The maximum Gasteiger partial charge on any atom is 0.262 e. The number of carbonyl (C=O) groups is 1. The van der Waals surface area contributed by atoms with Crippen LogP contribution in [0.4, 0.5) is 5.69 Å². The van der Waals surface area contributed by atoms with E-state index in [-0.39, 0.29) is 12.5 Å². The fourth-order valence-corrected chi connectivity index (χ4v) is 1.87. The van der Waals surface area contributed by atoms with Crippen LogP contribution in [0.2, 0.25) is 0 Å². The quantitative estimate of drug-likeness (QED) is 0.810. The lowest BCUT2D eigenvalue weighted by molar-refractivity contribution is -0.118. The topological polar surface area (TPSA) is 56.8 Å². The fourth-order valence-electron chi connectivity index (χ4n) is 1.87. The first kappa shape index (κ1) is 16.7. The molecule has 0 aliphatic rings. The molecule has 0 bridgehead atoms. The summed E-state index contributed by atoms with van der Waals surface area (Å²) in [4.78, 5) is 11.9. The van der Waals surface area contributed by atoms with Crippen LogP contribution in [-0.2, 0) is 4.79 Å². The first-order chi connectivity index (χ1) is 11.2. The van der Waals surface area contributed by atoms with E-state index < -0.39 is 0 Å². The normalized spacial score (nSPS) is 10.0. The van der Waals surface area contributed by atoms with Crippen molar-refractivity contribution in [2.75, 3.05) is 25.6 Å². The highest BCUT2D eigenvalue weighted by atomic mass is 16.5. The van der Waals surface area contributed by atoms with Crippen LogP contribution in [0.5, 0.6) is 17.2 Å². The Morgan fingerprint density at radius 2 is 1.48 bits per heavy atom. The van der Waals surface area contributed by atoms with Crippen LogP contribution in [-0.4, -0.2) is 26.2 Å². The van der Waals surface area contributed by atoms with Gasteiger partial charge in [0.15, 0.2) is 6.61 Å². The van der Waals surface area contributed by atoms with E-state index >= 15 is 0 Å². The second-order valence-corrected chi connectivity index (χ2v) is 4.89. The van der Waals surface area contributed by atoms with Crippen molar-refractivity contribution in [2.24, 2.45) is 0 Å². The summed E-state index contributed by atoms with van der Waals surface area (Å²) in [7, 11) is 1.60. The van der Waals surface area contributed by atoms with Gasteiger partial charge in [-0.15, -0.1) is 0 Å². The molecule has 2 aromatic rings. The average molecular weight is 315 g/mol. The Labute approximate surface area is 136 Å². The minimum Gasteiger partial charge on any atom is -0.497 e. The number of hydrogen-bond acceptors (Lipinski definition) is 4. The Kier molecular flexibility index (Phi) is 6.29. The molecule has 0 aliphatic carbocycles. The van der Waals surface area contributed by atoms with Gasteiger partial charge in [0.1, 0.15) is 17.2 Å². The molecule has 0 aromatic heterocycles. The molecule has 0 fully saturated rings. The highest BCUT2D eigenvalue weighted by molar-refractivity contribution is 5.91. The number of anilines is 1. The number of nitrogens with one attached hydrogen (secondary N) is 1. The molecule has 5 heteroatoms. The molecule has 0 radical (unpaired) electrons. The van der Waals surface area contributed by atoms with E-state index in [0.29, 0.717) is 18.0 Å². The zero-order valence-corrected chi connectivity index (χ0v) is 13.4. The van der Waals surface area contributed by atoms with Crippen LogP contribution in [0, 0.1) is 0 Å². The minimum atomic E-state index is -0.219. The van der Waals surface area contributed by atoms with Gasteiger partial charge in [0.2, 0.25) is 0 Å². The summed E-state index contributed by atoms with van der Waals surface area (Å²) in [6, 6.07) is 14.3. The molecule has 1 amide bonds. The van der Waals surface area contributed by atoms with Gasteiger partial charge in [0.05, 0.1) is 13.7 Å². The summed E-state index contributed by atoms with van der Waals surface area (Å²) in [5, 5.41) is 2.77. The molecular weight excluding hydrogens is 294 g/mol. The largest absolute Gasteiger partial charge is 0.497 e. The fraction of sp³-hybridized carbons (Fsp3) is 0.278. The molecule has 2 rings (SSSR count). The molecule has 5 nitrogen and oxygen atoms in total. The van der Waals surface area contributed by atoms with Crippen LogP contribution in [0.25, 0.3) is 0 Å². The number of ether oxygens (including phenoxy) is 3. The minimum absolute atomic E-state index is 0.0551. The van der Waals surface area contributed by atoms with Crippen LogP contribution >= 0.6 is 0 Å². The SMILES string of the molecule is CCCOc1ccc(NC(=O)COc2ccc(OC)cc2)cc1. The predicted octanol–water partition coefficient (Wildman–Crippen LogP) is 3.50. The van der Waals surface area contributed by atoms with Crippen molar-refractivity contribution in [3.05, 3.63) is 48.5 Å². The van der Waals surface area contributed by atoms with Crippen molar-refractivity contribution in [3.8, 4) is 17.2 Å². The molecule has 0 atom stereocenters. The summed E-state index contributed by atoms with van der Waals surface area (Å²) in [5.41, 5.74) is 0.706. The van der Waals surface area contributed by atoms with Crippen molar-refractivity contribution in [1.82, 2.24) is 0 Å². The maximum absolute atomic E-state index is 11.9. The van der Waals surface area contributed by atoms with Gasteiger partial charge in [-0.1, -0.05) is 6.92 Å². The van der Waals surface area contributed by atoms with Gasteiger partial charge in [-0.25, -0.2) is 0 Å². The van der Waals surface area contributed by atoms with Crippen molar-refractivity contribution in [1.29, 1.82) is 0 Å². The van der Waals surface area contributed by atoms with Crippen LogP contribution in [0.1, 0.15) is 13.3 Å². The Morgan fingerprint density at radius 3 is 2.09 bits per heavy atom. The van der Waals surface area contributed by atoms with Gasteiger partial charge >= 0.3 is 0 Å². The Balaban J connectivity index is 1.79. The third kappa shape index (κ3) is 5.54. The number of benzene rings is 2.